The second kappa shape index (κ2) is 8.91. The fourth-order valence-corrected chi connectivity index (χ4v) is 6.12. The maximum absolute atomic E-state index is 13.4. The molecule has 5 heteroatoms. The molecular formula is C23H29NO3S. The van der Waals surface area contributed by atoms with Gasteiger partial charge in [-0.15, -0.1) is 0 Å². The third-order valence-electron chi connectivity index (χ3n) is 5.34. The number of sulfone groups is 1. The van der Waals surface area contributed by atoms with Gasteiger partial charge in [0.2, 0.25) is 5.91 Å². The van der Waals surface area contributed by atoms with Gasteiger partial charge in [0.05, 0.1) is 16.9 Å². The van der Waals surface area contributed by atoms with Gasteiger partial charge in [0.1, 0.15) is 0 Å². The highest BCUT2D eigenvalue weighted by Crippen LogP contribution is 2.29. The third-order valence-corrected chi connectivity index (χ3v) is 7.96. The number of piperidine rings is 1. The minimum absolute atomic E-state index is 0.0529. The Balaban J connectivity index is 1.77. The number of nitrogens with zero attached hydrogens (tertiary/aromatic N) is 1. The number of amides is 1. The molecule has 1 amide bonds. The van der Waals surface area contributed by atoms with Crippen molar-refractivity contribution >= 4 is 15.7 Å². The summed E-state index contributed by atoms with van der Waals surface area (Å²) in [5.41, 5.74) is 1.93. The molecule has 2 aromatic carbocycles. The molecule has 0 bridgehead atoms. The lowest BCUT2D eigenvalue weighted by atomic mass is 9.89. The molecule has 4 nitrogen and oxygen atoms in total. The predicted octanol–water partition coefficient (Wildman–Crippen LogP) is 3.88. The molecule has 0 spiro atoms. The number of benzene rings is 2. The summed E-state index contributed by atoms with van der Waals surface area (Å²) in [4.78, 5) is 15.2. The molecule has 1 saturated heterocycles. The summed E-state index contributed by atoms with van der Waals surface area (Å²) in [5, 5.41) is -0.328. The Labute approximate surface area is 168 Å². The molecule has 1 aliphatic heterocycles. The summed E-state index contributed by atoms with van der Waals surface area (Å²) in [6.07, 6.45) is 1.05. The summed E-state index contributed by atoms with van der Waals surface area (Å²) >= 11 is 0. The molecule has 1 fully saturated rings. The van der Waals surface area contributed by atoms with Crippen molar-refractivity contribution in [1.29, 1.82) is 0 Å². The number of likely N-dealkylation sites (tertiary alicyclic amines) is 1. The molecule has 0 saturated carbocycles. The second-order valence-electron chi connectivity index (χ2n) is 8.00. The van der Waals surface area contributed by atoms with Gasteiger partial charge < -0.3 is 4.90 Å². The van der Waals surface area contributed by atoms with E-state index in [1.165, 1.54) is 0 Å². The van der Waals surface area contributed by atoms with Gasteiger partial charge in [-0.05, 0) is 29.9 Å². The van der Waals surface area contributed by atoms with Crippen molar-refractivity contribution < 1.29 is 13.2 Å². The minimum atomic E-state index is -3.09. The normalized spacial score (nSPS) is 15.9. The van der Waals surface area contributed by atoms with Crippen LogP contribution < -0.4 is 0 Å². The number of hydrogen-bond donors (Lipinski definition) is 0. The summed E-state index contributed by atoms with van der Waals surface area (Å²) in [6.45, 7) is 4.86. The largest absolute Gasteiger partial charge is 0.342 e. The molecule has 0 atom stereocenters. The molecule has 1 heterocycles. The lowest BCUT2D eigenvalue weighted by Gasteiger charge is -2.34. The number of hydrogen-bond acceptors (Lipinski definition) is 3. The standard InChI is InChI=1S/C23H29NO3S/c1-18(2)17-28(26,27)21-13-15-24(16-14-21)23(25)22(19-9-5-3-6-10-19)20-11-7-4-8-12-20/h3-12,18,21-22H,13-17H2,1-2H3. The van der Waals surface area contributed by atoms with Gasteiger partial charge in [-0.1, -0.05) is 74.5 Å². The van der Waals surface area contributed by atoms with Crippen LogP contribution in [0.3, 0.4) is 0 Å². The van der Waals surface area contributed by atoms with Gasteiger partial charge >= 0.3 is 0 Å². The zero-order valence-electron chi connectivity index (χ0n) is 16.6. The highest BCUT2D eigenvalue weighted by molar-refractivity contribution is 7.92. The van der Waals surface area contributed by atoms with Crippen LogP contribution in [0.4, 0.5) is 0 Å². The first-order chi connectivity index (χ1) is 13.4. The van der Waals surface area contributed by atoms with E-state index in [-0.39, 0.29) is 28.7 Å². The monoisotopic (exact) mass is 399 g/mol. The van der Waals surface area contributed by atoms with E-state index in [9.17, 15) is 13.2 Å². The summed E-state index contributed by atoms with van der Waals surface area (Å²) in [7, 11) is -3.09. The third kappa shape index (κ3) is 4.82. The molecule has 150 valence electrons. The van der Waals surface area contributed by atoms with Crippen molar-refractivity contribution in [2.24, 2.45) is 5.92 Å². The number of rotatable bonds is 6. The highest BCUT2D eigenvalue weighted by Gasteiger charge is 2.34. The van der Waals surface area contributed by atoms with Gasteiger partial charge in [0, 0.05) is 13.1 Å². The lowest BCUT2D eigenvalue weighted by Crippen LogP contribution is -2.45. The maximum atomic E-state index is 13.4. The van der Waals surface area contributed by atoms with Crippen LogP contribution in [0.2, 0.25) is 0 Å². The van der Waals surface area contributed by atoms with Crippen molar-refractivity contribution in [1.82, 2.24) is 4.90 Å². The zero-order valence-corrected chi connectivity index (χ0v) is 17.4. The molecule has 1 aliphatic rings. The van der Waals surface area contributed by atoms with Gasteiger partial charge in [-0.25, -0.2) is 8.42 Å². The van der Waals surface area contributed by atoms with Gasteiger partial charge in [-0.3, -0.25) is 4.79 Å². The van der Waals surface area contributed by atoms with Crippen LogP contribution in [0.1, 0.15) is 43.7 Å². The molecule has 2 aromatic rings. The quantitative estimate of drug-likeness (QED) is 0.741. The van der Waals surface area contributed by atoms with Crippen molar-refractivity contribution in [3.05, 3.63) is 71.8 Å². The van der Waals surface area contributed by atoms with E-state index in [0.717, 1.165) is 11.1 Å². The van der Waals surface area contributed by atoms with Crippen molar-refractivity contribution in [2.75, 3.05) is 18.8 Å². The molecule has 0 unspecified atom stereocenters. The van der Waals surface area contributed by atoms with Crippen LogP contribution >= 0.6 is 0 Å². The fraction of sp³-hybridized carbons (Fsp3) is 0.435. The van der Waals surface area contributed by atoms with Crippen LogP contribution in [0, 0.1) is 5.92 Å². The van der Waals surface area contributed by atoms with E-state index in [2.05, 4.69) is 0 Å². The summed E-state index contributed by atoms with van der Waals surface area (Å²) in [6, 6.07) is 19.6. The van der Waals surface area contributed by atoms with Crippen LogP contribution in [-0.2, 0) is 14.6 Å². The first kappa shape index (κ1) is 20.6. The Bertz CT molecular complexity index is 831. The Morgan fingerprint density at radius 3 is 1.82 bits per heavy atom. The number of carbonyl (C=O) groups excluding carboxylic acids is 1. The van der Waals surface area contributed by atoms with E-state index < -0.39 is 9.84 Å². The van der Waals surface area contributed by atoms with Crippen LogP contribution in [0.15, 0.2) is 60.7 Å². The van der Waals surface area contributed by atoms with Crippen LogP contribution in [0.5, 0.6) is 0 Å². The van der Waals surface area contributed by atoms with Crippen molar-refractivity contribution in [3.8, 4) is 0 Å². The average molecular weight is 400 g/mol. The molecule has 0 N–H and O–H groups in total. The molecular weight excluding hydrogens is 370 g/mol. The van der Waals surface area contributed by atoms with Crippen LogP contribution in [0.25, 0.3) is 0 Å². The van der Waals surface area contributed by atoms with E-state index in [1.54, 1.807) is 0 Å². The molecule has 3 rings (SSSR count). The fourth-order valence-electron chi connectivity index (χ4n) is 3.99. The SMILES string of the molecule is CC(C)CS(=O)(=O)C1CCN(C(=O)C(c2ccccc2)c2ccccc2)CC1. The minimum Gasteiger partial charge on any atom is -0.342 e. The van der Waals surface area contributed by atoms with E-state index in [0.29, 0.717) is 25.9 Å². The number of carbonyl (C=O) groups is 1. The first-order valence-electron chi connectivity index (χ1n) is 9.98. The van der Waals surface area contributed by atoms with Crippen LogP contribution in [-0.4, -0.2) is 43.3 Å². The summed E-state index contributed by atoms with van der Waals surface area (Å²) < 4.78 is 25.1. The van der Waals surface area contributed by atoms with Gasteiger partial charge in [-0.2, -0.15) is 0 Å². The van der Waals surface area contributed by atoms with E-state index in [4.69, 9.17) is 0 Å². The molecule has 0 aliphatic carbocycles. The predicted molar refractivity (Wildman–Crippen MR) is 113 cm³/mol. The Morgan fingerprint density at radius 2 is 1.39 bits per heavy atom. The Morgan fingerprint density at radius 1 is 0.929 bits per heavy atom. The second-order valence-corrected chi connectivity index (χ2v) is 10.3. The van der Waals surface area contributed by atoms with Crippen molar-refractivity contribution in [3.63, 3.8) is 0 Å². The highest BCUT2D eigenvalue weighted by atomic mass is 32.2. The lowest BCUT2D eigenvalue weighted by molar-refractivity contribution is -0.132. The first-order valence-corrected chi connectivity index (χ1v) is 11.7. The topological polar surface area (TPSA) is 54.5 Å². The zero-order chi connectivity index (χ0) is 20.1. The van der Waals surface area contributed by atoms with Crippen molar-refractivity contribution in [2.45, 2.75) is 37.9 Å². The molecule has 0 aromatic heterocycles. The maximum Gasteiger partial charge on any atom is 0.234 e. The summed E-state index contributed by atoms with van der Waals surface area (Å²) in [5.74, 6) is 0.0518. The molecule has 28 heavy (non-hydrogen) atoms. The Hall–Kier alpha value is -2.14. The van der Waals surface area contributed by atoms with Gasteiger partial charge in [0.15, 0.2) is 9.84 Å². The Kier molecular flexibility index (Phi) is 6.55. The van der Waals surface area contributed by atoms with E-state index in [1.807, 2.05) is 79.4 Å². The average Bonchev–Trinajstić information content (AvgIpc) is 2.69. The van der Waals surface area contributed by atoms with E-state index >= 15 is 0 Å². The molecule has 0 radical (unpaired) electrons. The van der Waals surface area contributed by atoms with Gasteiger partial charge in [0.25, 0.3) is 0 Å². The smallest absolute Gasteiger partial charge is 0.234 e.